The quantitative estimate of drug-likeness (QED) is 0.176. The maximum absolute atomic E-state index is 13.4. The van der Waals surface area contributed by atoms with Gasteiger partial charge in [0, 0.05) is 40.5 Å². The van der Waals surface area contributed by atoms with Crippen LogP contribution in [0.15, 0.2) is 48.5 Å². The molecule has 0 saturated carbocycles. The fourth-order valence-electron chi connectivity index (χ4n) is 3.35. The van der Waals surface area contributed by atoms with Crippen molar-refractivity contribution in [1.82, 2.24) is 10.3 Å². The molecule has 0 saturated heterocycles. The van der Waals surface area contributed by atoms with Crippen LogP contribution in [0.5, 0.6) is 5.75 Å². The molecule has 1 aromatic heterocycles. The SMILES string of the molecule is CCOC(=O)CCCNC(=O)c1ccc(-c2cc(Nc3ccc(Cl)cc3CF)ccc2O)nc1N. The number of aromatic hydroxyl groups is 1. The Balaban J connectivity index is 1.73. The highest BCUT2D eigenvalue weighted by Crippen LogP contribution is 2.33. The number of anilines is 3. The predicted octanol–water partition coefficient (Wildman–Crippen LogP) is 4.98. The lowest BCUT2D eigenvalue weighted by atomic mass is 10.1. The summed E-state index contributed by atoms with van der Waals surface area (Å²) in [6.45, 7) is 1.62. The fraction of sp³-hybridized carbons (Fsp3) is 0.240. The number of aromatic nitrogens is 1. The summed E-state index contributed by atoms with van der Waals surface area (Å²) in [7, 11) is 0. The molecule has 2 aromatic carbocycles. The minimum absolute atomic E-state index is 0.0134. The Labute approximate surface area is 207 Å². The zero-order valence-corrected chi connectivity index (χ0v) is 19.9. The van der Waals surface area contributed by atoms with E-state index in [1.165, 1.54) is 18.2 Å². The Morgan fingerprint density at radius 2 is 1.97 bits per heavy atom. The molecule has 35 heavy (non-hydrogen) atoms. The topological polar surface area (TPSA) is 127 Å². The Bertz CT molecular complexity index is 1220. The van der Waals surface area contributed by atoms with E-state index in [9.17, 15) is 19.1 Å². The number of hydrogen-bond donors (Lipinski definition) is 4. The predicted molar refractivity (Wildman–Crippen MR) is 133 cm³/mol. The number of carbonyl (C=O) groups excluding carboxylic acids is 2. The molecule has 0 aliphatic rings. The largest absolute Gasteiger partial charge is 0.507 e. The number of phenolic OH excluding ortho intramolecular Hbond substituents is 1. The molecule has 0 spiro atoms. The third-order valence-corrected chi connectivity index (χ3v) is 5.32. The lowest BCUT2D eigenvalue weighted by Crippen LogP contribution is -2.26. The van der Waals surface area contributed by atoms with Crippen LogP contribution in [0.2, 0.25) is 5.02 Å². The van der Waals surface area contributed by atoms with Gasteiger partial charge in [0.05, 0.1) is 17.9 Å². The van der Waals surface area contributed by atoms with E-state index >= 15 is 0 Å². The molecular formula is C25H26ClFN4O4. The summed E-state index contributed by atoms with van der Waals surface area (Å²) in [6.07, 6.45) is 0.634. The van der Waals surface area contributed by atoms with Gasteiger partial charge in [-0.3, -0.25) is 9.59 Å². The van der Waals surface area contributed by atoms with Crippen molar-refractivity contribution >= 4 is 40.7 Å². The summed E-state index contributed by atoms with van der Waals surface area (Å²) in [5.74, 6) is -0.798. The van der Waals surface area contributed by atoms with Gasteiger partial charge in [0.2, 0.25) is 0 Å². The van der Waals surface area contributed by atoms with E-state index in [2.05, 4.69) is 15.6 Å². The van der Waals surface area contributed by atoms with Crippen LogP contribution < -0.4 is 16.4 Å². The van der Waals surface area contributed by atoms with Crippen LogP contribution in [0, 0.1) is 0 Å². The third-order valence-electron chi connectivity index (χ3n) is 5.08. The Morgan fingerprint density at radius 1 is 1.17 bits per heavy atom. The van der Waals surface area contributed by atoms with Gasteiger partial charge in [0.1, 0.15) is 18.2 Å². The fourth-order valence-corrected chi connectivity index (χ4v) is 3.54. The number of esters is 1. The second-order valence-corrected chi connectivity index (χ2v) is 8.02. The Morgan fingerprint density at radius 3 is 2.69 bits per heavy atom. The molecule has 0 radical (unpaired) electrons. The molecule has 184 valence electrons. The second-order valence-electron chi connectivity index (χ2n) is 7.59. The number of alkyl halides is 1. The van der Waals surface area contributed by atoms with Crippen LogP contribution in [0.4, 0.5) is 21.6 Å². The van der Waals surface area contributed by atoms with Crippen molar-refractivity contribution < 1.29 is 23.8 Å². The number of nitrogens with zero attached hydrogens (tertiary/aromatic N) is 1. The number of pyridine rings is 1. The highest BCUT2D eigenvalue weighted by atomic mass is 35.5. The number of amides is 1. The van der Waals surface area contributed by atoms with Gasteiger partial charge >= 0.3 is 5.97 Å². The molecule has 10 heteroatoms. The van der Waals surface area contributed by atoms with Crippen LogP contribution in [0.3, 0.4) is 0 Å². The maximum Gasteiger partial charge on any atom is 0.305 e. The van der Waals surface area contributed by atoms with Crippen molar-refractivity contribution in [2.75, 3.05) is 24.2 Å². The molecular weight excluding hydrogens is 475 g/mol. The highest BCUT2D eigenvalue weighted by Gasteiger charge is 2.15. The van der Waals surface area contributed by atoms with Gasteiger partial charge in [-0.2, -0.15) is 0 Å². The van der Waals surface area contributed by atoms with Gasteiger partial charge in [-0.1, -0.05) is 11.6 Å². The summed E-state index contributed by atoms with van der Waals surface area (Å²) >= 11 is 5.94. The minimum Gasteiger partial charge on any atom is -0.507 e. The van der Waals surface area contributed by atoms with E-state index in [0.717, 1.165) is 0 Å². The van der Waals surface area contributed by atoms with E-state index in [1.54, 1.807) is 37.3 Å². The van der Waals surface area contributed by atoms with Crippen molar-refractivity contribution in [3.8, 4) is 17.0 Å². The molecule has 0 unspecified atom stereocenters. The van der Waals surface area contributed by atoms with Crippen LogP contribution in [-0.4, -0.2) is 35.1 Å². The van der Waals surface area contributed by atoms with E-state index in [4.69, 9.17) is 22.1 Å². The molecule has 0 atom stereocenters. The van der Waals surface area contributed by atoms with Gasteiger partial charge in [-0.25, -0.2) is 9.37 Å². The molecule has 3 rings (SSSR count). The van der Waals surface area contributed by atoms with E-state index in [0.29, 0.717) is 46.2 Å². The molecule has 0 bridgehead atoms. The van der Waals surface area contributed by atoms with Crippen molar-refractivity contribution in [1.29, 1.82) is 0 Å². The number of halogens is 2. The normalized spacial score (nSPS) is 10.6. The molecule has 1 heterocycles. The zero-order valence-electron chi connectivity index (χ0n) is 19.1. The number of nitrogens with two attached hydrogens (primary N) is 1. The Kier molecular flexibility index (Phi) is 8.86. The first-order chi connectivity index (χ1) is 16.8. The lowest BCUT2D eigenvalue weighted by Gasteiger charge is -2.13. The number of rotatable bonds is 10. The number of carbonyl (C=O) groups is 2. The number of nitrogens with one attached hydrogen (secondary N) is 2. The van der Waals surface area contributed by atoms with Crippen LogP contribution in [-0.2, 0) is 16.2 Å². The van der Waals surface area contributed by atoms with Crippen LogP contribution in [0.1, 0.15) is 35.7 Å². The van der Waals surface area contributed by atoms with Gasteiger partial charge in [-0.05, 0) is 61.9 Å². The van der Waals surface area contributed by atoms with E-state index in [1.807, 2.05) is 0 Å². The lowest BCUT2D eigenvalue weighted by molar-refractivity contribution is -0.143. The van der Waals surface area contributed by atoms with Crippen molar-refractivity contribution in [2.45, 2.75) is 26.4 Å². The monoisotopic (exact) mass is 500 g/mol. The zero-order chi connectivity index (χ0) is 25.4. The average molecular weight is 501 g/mol. The first-order valence-corrected chi connectivity index (χ1v) is 11.3. The Hall–Kier alpha value is -3.85. The first-order valence-electron chi connectivity index (χ1n) is 11.0. The average Bonchev–Trinajstić information content (AvgIpc) is 2.84. The minimum atomic E-state index is -0.696. The van der Waals surface area contributed by atoms with Crippen molar-refractivity contribution in [2.24, 2.45) is 0 Å². The van der Waals surface area contributed by atoms with Gasteiger partial charge in [-0.15, -0.1) is 0 Å². The maximum atomic E-state index is 13.4. The van der Waals surface area contributed by atoms with Crippen molar-refractivity contribution in [3.05, 3.63) is 64.7 Å². The van der Waals surface area contributed by atoms with Crippen LogP contribution in [0.25, 0.3) is 11.3 Å². The smallest absolute Gasteiger partial charge is 0.305 e. The number of benzene rings is 2. The summed E-state index contributed by atoms with van der Waals surface area (Å²) in [6, 6.07) is 12.7. The number of hydrogen-bond acceptors (Lipinski definition) is 7. The summed E-state index contributed by atoms with van der Waals surface area (Å²) in [5.41, 5.74) is 8.43. The summed E-state index contributed by atoms with van der Waals surface area (Å²) in [4.78, 5) is 28.1. The number of phenols is 1. The van der Waals surface area contributed by atoms with E-state index in [-0.39, 0.29) is 36.1 Å². The first kappa shape index (κ1) is 25.8. The highest BCUT2D eigenvalue weighted by molar-refractivity contribution is 6.30. The van der Waals surface area contributed by atoms with Gasteiger partial charge < -0.3 is 26.2 Å². The number of ether oxygens (including phenoxy) is 1. The van der Waals surface area contributed by atoms with Crippen molar-refractivity contribution in [3.63, 3.8) is 0 Å². The van der Waals surface area contributed by atoms with Gasteiger partial charge in [0.25, 0.3) is 5.91 Å². The van der Waals surface area contributed by atoms with Crippen LogP contribution >= 0.6 is 11.6 Å². The van der Waals surface area contributed by atoms with Gasteiger partial charge in [0.15, 0.2) is 0 Å². The van der Waals surface area contributed by atoms with E-state index < -0.39 is 12.6 Å². The number of nitrogen functional groups attached to an aromatic ring is 1. The molecule has 5 N–H and O–H groups in total. The molecule has 0 aliphatic carbocycles. The third kappa shape index (κ3) is 6.83. The second kappa shape index (κ2) is 12.0. The molecule has 8 nitrogen and oxygen atoms in total. The molecule has 1 amide bonds. The molecule has 3 aromatic rings. The standard InChI is InChI=1S/C25H26ClFN4O4/c1-2-35-23(33)4-3-11-29-25(34)18-7-9-21(31-24(18)28)19-13-17(6-10-22(19)32)30-20-8-5-16(26)12-15(20)14-27/h5-10,12-13,30,32H,2-4,11,14H2,1H3,(H2,28,31)(H,29,34). The summed E-state index contributed by atoms with van der Waals surface area (Å²) in [5, 5.41) is 16.6. The molecule has 0 aliphatic heterocycles. The summed E-state index contributed by atoms with van der Waals surface area (Å²) < 4.78 is 18.2. The molecule has 0 fully saturated rings.